The van der Waals surface area contributed by atoms with E-state index in [0.717, 1.165) is 23.4 Å². The van der Waals surface area contributed by atoms with Crippen LogP contribution in [0.5, 0.6) is 5.75 Å². The molecule has 0 N–H and O–H groups in total. The summed E-state index contributed by atoms with van der Waals surface area (Å²) in [7, 11) is 0. The van der Waals surface area contributed by atoms with Crippen molar-refractivity contribution in [1.29, 1.82) is 5.26 Å². The average Bonchev–Trinajstić information content (AvgIpc) is 3.43. The van der Waals surface area contributed by atoms with Crippen LogP contribution >= 0.6 is 0 Å². The molecule has 3 nitrogen and oxygen atoms in total. The van der Waals surface area contributed by atoms with Crippen LogP contribution in [0.25, 0.3) is 10.9 Å². The second-order valence-electron chi connectivity index (χ2n) is 7.91. The van der Waals surface area contributed by atoms with Gasteiger partial charge in [0.05, 0.1) is 11.6 Å². The molecular formula is C24H24N2O. The van der Waals surface area contributed by atoms with Gasteiger partial charge in [0.25, 0.3) is 0 Å². The lowest BCUT2D eigenvalue weighted by Gasteiger charge is -2.13. The molecule has 1 aromatic heterocycles. The van der Waals surface area contributed by atoms with E-state index < -0.39 is 0 Å². The highest BCUT2D eigenvalue weighted by Gasteiger charge is 2.20. The van der Waals surface area contributed by atoms with E-state index in [9.17, 15) is 5.26 Å². The Morgan fingerprint density at radius 3 is 2.78 bits per heavy atom. The van der Waals surface area contributed by atoms with Crippen LogP contribution in [0, 0.1) is 11.3 Å². The summed E-state index contributed by atoms with van der Waals surface area (Å²) in [5.74, 6) is 1.46. The fourth-order valence-electron chi connectivity index (χ4n) is 4.83. The van der Waals surface area contributed by atoms with Gasteiger partial charge in [-0.25, -0.2) is 0 Å². The lowest BCUT2D eigenvalue weighted by molar-refractivity contribution is 0.306. The first-order valence-corrected chi connectivity index (χ1v) is 10.1. The highest BCUT2D eigenvalue weighted by molar-refractivity contribution is 5.83. The zero-order valence-electron chi connectivity index (χ0n) is 15.6. The van der Waals surface area contributed by atoms with Gasteiger partial charge in [-0.15, -0.1) is 0 Å². The Bertz CT molecular complexity index is 1030. The fraction of sp³-hybridized carbons (Fsp3) is 0.375. The Kier molecular flexibility index (Phi) is 4.13. The number of aryl methyl sites for hydroxylation is 2. The van der Waals surface area contributed by atoms with Crippen molar-refractivity contribution in [2.45, 2.75) is 57.6 Å². The van der Waals surface area contributed by atoms with Crippen LogP contribution in [-0.4, -0.2) is 4.57 Å². The first-order valence-electron chi connectivity index (χ1n) is 10.1. The van der Waals surface area contributed by atoms with E-state index in [1.807, 2.05) is 6.07 Å². The third-order valence-electron chi connectivity index (χ3n) is 6.21. The number of benzene rings is 2. The molecule has 5 rings (SSSR count). The zero-order valence-corrected chi connectivity index (χ0v) is 15.6. The molecule has 0 saturated heterocycles. The minimum atomic E-state index is 0.499. The van der Waals surface area contributed by atoms with Crippen LogP contribution in [0.2, 0.25) is 0 Å². The molecule has 0 spiro atoms. The summed E-state index contributed by atoms with van der Waals surface area (Å²) in [5.41, 5.74) is 5.85. The number of nitriles is 1. The van der Waals surface area contributed by atoms with Crippen molar-refractivity contribution in [1.82, 2.24) is 4.57 Å². The van der Waals surface area contributed by atoms with Crippen molar-refractivity contribution in [3.05, 3.63) is 64.8 Å². The van der Waals surface area contributed by atoms with Crippen molar-refractivity contribution >= 4 is 10.9 Å². The van der Waals surface area contributed by atoms with Gasteiger partial charge in [-0.1, -0.05) is 25.0 Å². The quantitative estimate of drug-likeness (QED) is 0.602. The van der Waals surface area contributed by atoms with Gasteiger partial charge in [-0.2, -0.15) is 5.26 Å². The van der Waals surface area contributed by atoms with Crippen LogP contribution in [0.1, 0.15) is 60.4 Å². The van der Waals surface area contributed by atoms with E-state index in [-0.39, 0.29) is 0 Å². The zero-order chi connectivity index (χ0) is 18.2. The smallest absolute Gasteiger partial charge is 0.120 e. The Balaban J connectivity index is 1.33. The molecule has 0 atom stereocenters. The molecule has 1 aliphatic carbocycles. The van der Waals surface area contributed by atoms with Crippen molar-refractivity contribution < 1.29 is 4.74 Å². The van der Waals surface area contributed by atoms with Gasteiger partial charge in [0, 0.05) is 23.1 Å². The second-order valence-corrected chi connectivity index (χ2v) is 7.91. The Labute approximate surface area is 160 Å². The summed E-state index contributed by atoms with van der Waals surface area (Å²) in [6.45, 7) is 1.63. The third-order valence-corrected chi connectivity index (χ3v) is 6.21. The average molecular weight is 356 g/mol. The maximum Gasteiger partial charge on any atom is 0.120 e. The standard InChI is InChI=1S/C24H24N2O/c25-15-20-12-17(7-9-23(20)18-4-1-2-5-18)16-27-22-8-10-24-19(14-22)13-21-6-3-11-26(21)24/h7-10,12-14,18H,1-6,11,16H2. The molecule has 0 unspecified atom stereocenters. The summed E-state index contributed by atoms with van der Waals surface area (Å²) >= 11 is 0. The van der Waals surface area contributed by atoms with E-state index in [1.165, 1.54) is 60.7 Å². The fourth-order valence-corrected chi connectivity index (χ4v) is 4.83. The summed E-state index contributed by atoms with van der Waals surface area (Å²) in [6.07, 6.45) is 7.42. The van der Waals surface area contributed by atoms with E-state index in [1.54, 1.807) is 0 Å². The Morgan fingerprint density at radius 1 is 1.04 bits per heavy atom. The molecule has 27 heavy (non-hydrogen) atoms. The highest BCUT2D eigenvalue weighted by atomic mass is 16.5. The number of rotatable bonds is 4. The summed E-state index contributed by atoms with van der Waals surface area (Å²) in [6, 6.07) is 17.3. The van der Waals surface area contributed by atoms with Gasteiger partial charge in [-0.05, 0) is 73.1 Å². The molecule has 1 fully saturated rings. The molecule has 0 radical (unpaired) electrons. The predicted octanol–water partition coefficient (Wildman–Crippen LogP) is 5.70. The molecule has 0 amide bonds. The molecule has 3 aromatic rings. The SMILES string of the molecule is N#Cc1cc(COc2ccc3c(c2)cc2n3CCC2)ccc1C1CCCC1. The number of fused-ring (bicyclic) bond motifs is 3. The minimum absolute atomic E-state index is 0.499. The van der Waals surface area contributed by atoms with E-state index in [0.29, 0.717) is 12.5 Å². The summed E-state index contributed by atoms with van der Waals surface area (Å²) in [4.78, 5) is 0. The first-order chi connectivity index (χ1) is 13.3. The Hall–Kier alpha value is -2.73. The molecule has 2 aromatic carbocycles. The van der Waals surface area contributed by atoms with Crippen molar-refractivity contribution in [3.63, 3.8) is 0 Å². The molecule has 136 valence electrons. The van der Waals surface area contributed by atoms with Crippen LogP contribution in [0.4, 0.5) is 0 Å². The van der Waals surface area contributed by atoms with Gasteiger partial charge >= 0.3 is 0 Å². The van der Waals surface area contributed by atoms with Crippen LogP contribution in [0.15, 0.2) is 42.5 Å². The number of hydrogen-bond donors (Lipinski definition) is 0. The Morgan fingerprint density at radius 2 is 1.93 bits per heavy atom. The van der Waals surface area contributed by atoms with E-state index in [2.05, 4.69) is 47.0 Å². The third kappa shape index (κ3) is 3.00. The number of ether oxygens (including phenoxy) is 1. The lowest BCUT2D eigenvalue weighted by atomic mass is 9.92. The van der Waals surface area contributed by atoms with Crippen LogP contribution in [-0.2, 0) is 19.6 Å². The van der Waals surface area contributed by atoms with Crippen molar-refractivity contribution in [2.24, 2.45) is 0 Å². The topological polar surface area (TPSA) is 37.9 Å². The predicted molar refractivity (Wildman–Crippen MR) is 107 cm³/mol. The summed E-state index contributed by atoms with van der Waals surface area (Å²) < 4.78 is 8.46. The molecule has 1 aliphatic heterocycles. The minimum Gasteiger partial charge on any atom is -0.489 e. The molecular weight excluding hydrogens is 332 g/mol. The molecule has 1 saturated carbocycles. The van der Waals surface area contributed by atoms with E-state index in [4.69, 9.17) is 4.74 Å². The maximum absolute atomic E-state index is 9.57. The molecule has 2 heterocycles. The van der Waals surface area contributed by atoms with Gasteiger partial charge in [-0.3, -0.25) is 0 Å². The largest absolute Gasteiger partial charge is 0.489 e. The van der Waals surface area contributed by atoms with Crippen LogP contribution < -0.4 is 4.74 Å². The first kappa shape index (κ1) is 16.4. The van der Waals surface area contributed by atoms with Gasteiger partial charge in [0.15, 0.2) is 0 Å². The van der Waals surface area contributed by atoms with Crippen molar-refractivity contribution in [2.75, 3.05) is 0 Å². The van der Waals surface area contributed by atoms with Crippen LogP contribution in [0.3, 0.4) is 0 Å². The number of hydrogen-bond acceptors (Lipinski definition) is 2. The van der Waals surface area contributed by atoms with Gasteiger partial charge in [0.2, 0.25) is 0 Å². The van der Waals surface area contributed by atoms with Gasteiger partial charge < -0.3 is 9.30 Å². The number of nitrogens with zero attached hydrogens (tertiary/aromatic N) is 2. The molecule has 0 bridgehead atoms. The lowest BCUT2D eigenvalue weighted by Crippen LogP contribution is -2.01. The second kappa shape index (κ2) is 6.78. The van der Waals surface area contributed by atoms with E-state index >= 15 is 0 Å². The number of aromatic nitrogens is 1. The maximum atomic E-state index is 9.57. The van der Waals surface area contributed by atoms with Gasteiger partial charge in [0.1, 0.15) is 12.4 Å². The normalized spacial score (nSPS) is 16.6. The summed E-state index contributed by atoms with van der Waals surface area (Å²) in [5, 5.41) is 10.8. The van der Waals surface area contributed by atoms with Crippen molar-refractivity contribution in [3.8, 4) is 11.8 Å². The monoisotopic (exact) mass is 356 g/mol. The molecule has 3 heteroatoms. The highest BCUT2D eigenvalue weighted by Crippen LogP contribution is 2.36. The molecule has 2 aliphatic rings.